The van der Waals surface area contributed by atoms with Crippen molar-refractivity contribution < 1.29 is 23.8 Å². The minimum absolute atomic E-state index is 0.290. The molecule has 0 bridgehead atoms. The van der Waals surface area contributed by atoms with Crippen molar-refractivity contribution in [2.24, 2.45) is 0 Å². The first-order valence-electron chi connectivity index (χ1n) is 14.3. The van der Waals surface area contributed by atoms with Crippen molar-refractivity contribution in [3.63, 3.8) is 0 Å². The van der Waals surface area contributed by atoms with Crippen LogP contribution in [0.1, 0.15) is 142 Å². The third-order valence-electron chi connectivity index (χ3n) is 6.09. The molecule has 0 rings (SSSR count). The van der Waals surface area contributed by atoms with E-state index in [-0.39, 0.29) is 13.2 Å². The van der Waals surface area contributed by atoms with Gasteiger partial charge in [-0.05, 0) is 12.8 Å². The van der Waals surface area contributed by atoms with E-state index in [4.69, 9.17) is 37.4 Å². The van der Waals surface area contributed by atoms with Crippen LogP contribution in [0.25, 0.3) is 0 Å². The Morgan fingerprint density at radius 3 is 1.03 bits per heavy atom. The fourth-order valence-electron chi connectivity index (χ4n) is 3.87. The maximum atomic E-state index is 11.9. The van der Waals surface area contributed by atoms with Crippen molar-refractivity contribution in [1.29, 1.82) is 0 Å². The molecule has 0 N–H and O–H groups in total. The molecular weight excluding hydrogens is 487 g/mol. The predicted octanol–water partition coefficient (Wildman–Crippen LogP) is 9.06. The molecule has 0 fully saturated rings. The number of halogens is 2. The van der Waals surface area contributed by atoms with E-state index in [1.807, 2.05) is 0 Å². The Morgan fingerprint density at radius 1 is 0.486 bits per heavy atom. The fourth-order valence-corrected chi connectivity index (χ4v) is 4.26. The second-order valence-corrected chi connectivity index (χ2v) is 10.3. The molecule has 0 aliphatic carbocycles. The number of rotatable bonds is 26. The number of carbonyl (C=O) groups excluding carboxylic acids is 2. The number of hydrogen-bond donors (Lipinski definition) is 0. The van der Waals surface area contributed by atoms with E-state index in [1.54, 1.807) is 0 Å². The lowest BCUT2D eigenvalue weighted by atomic mass is 10.1. The van der Waals surface area contributed by atoms with E-state index in [9.17, 15) is 9.59 Å². The number of esters is 2. The van der Waals surface area contributed by atoms with Crippen LogP contribution in [0.2, 0.25) is 0 Å². The molecule has 0 heterocycles. The highest BCUT2D eigenvalue weighted by atomic mass is 35.5. The molecule has 0 aromatic rings. The maximum Gasteiger partial charge on any atom is 0.351 e. The van der Waals surface area contributed by atoms with E-state index in [0.717, 1.165) is 38.5 Å². The second-order valence-electron chi connectivity index (χ2n) is 9.47. The second kappa shape index (κ2) is 26.5. The Labute approximate surface area is 225 Å². The van der Waals surface area contributed by atoms with Gasteiger partial charge in [0.1, 0.15) is 0 Å². The van der Waals surface area contributed by atoms with Gasteiger partial charge in [-0.15, -0.1) is 0 Å². The standard InChI is InChI=1S/C28H52Cl2O5/c1-3-5-7-9-11-13-15-17-19-21-23-33-27(31)25(29)35-26(30)28(32)34-24-22-20-18-16-14-12-10-8-6-4-2/h25-26H,3-24H2,1-2H3. The molecule has 0 radical (unpaired) electrons. The van der Waals surface area contributed by atoms with Gasteiger partial charge in [0.15, 0.2) is 0 Å². The van der Waals surface area contributed by atoms with Gasteiger partial charge in [0, 0.05) is 0 Å². The first-order valence-corrected chi connectivity index (χ1v) is 15.2. The van der Waals surface area contributed by atoms with Crippen molar-refractivity contribution in [2.75, 3.05) is 13.2 Å². The predicted molar refractivity (Wildman–Crippen MR) is 146 cm³/mol. The first kappa shape index (κ1) is 34.5. The molecule has 0 saturated carbocycles. The summed E-state index contributed by atoms with van der Waals surface area (Å²) in [6, 6.07) is 0. The molecule has 0 aromatic carbocycles. The summed E-state index contributed by atoms with van der Waals surface area (Å²) in [7, 11) is 0. The van der Waals surface area contributed by atoms with Crippen LogP contribution in [0, 0.1) is 0 Å². The normalized spacial score (nSPS) is 12.9. The van der Waals surface area contributed by atoms with Gasteiger partial charge in [0.25, 0.3) is 0 Å². The molecular formula is C28H52Cl2O5. The Hall–Kier alpha value is -0.520. The highest BCUT2D eigenvalue weighted by molar-refractivity contribution is 6.31. The monoisotopic (exact) mass is 538 g/mol. The van der Waals surface area contributed by atoms with Crippen molar-refractivity contribution in [3.05, 3.63) is 0 Å². The van der Waals surface area contributed by atoms with Crippen LogP contribution < -0.4 is 0 Å². The highest BCUT2D eigenvalue weighted by Crippen LogP contribution is 2.14. The Kier molecular flexibility index (Phi) is 26.1. The Bertz CT molecular complexity index is 448. The van der Waals surface area contributed by atoms with Crippen LogP contribution in [-0.2, 0) is 23.8 Å². The molecule has 7 heteroatoms. The van der Waals surface area contributed by atoms with Gasteiger partial charge in [0.2, 0.25) is 11.1 Å². The van der Waals surface area contributed by atoms with E-state index in [1.165, 1.54) is 89.9 Å². The molecule has 0 aliphatic rings. The first-order chi connectivity index (χ1) is 17.0. The maximum absolute atomic E-state index is 11.9. The van der Waals surface area contributed by atoms with Gasteiger partial charge in [-0.2, -0.15) is 0 Å². The third-order valence-corrected chi connectivity index (χ3v) is 6.66. The largest absolute Gasteiger partial charge is 0.463 e. The lowest BCUT2D eigenvalue weighted by Gasteiger charge is -2.14. The van der Waals surface area contributed by atoms with Crippen LogP contribution in [0.4, 0.5) is 0 Å². The summed E-state index contributed by atoms with van der Waals surface area (Å²) in [6.07, 6.45) is 24.0. The molecule has 0 aliphatic heterocycles. The zero-order valence-electron chi connectivity index (χ0n) is 22.5. The number of unbranched alkanes of at least 4 members (excludes halogenated alkanes) is 18. The summed E-state index contributed by atoms with van der Waals surface area (Å²) in [4.78, 5) is 23.9. The lowest BCUT2D eigenvalue weighted by molar-refractivity contribution is -0.161. The van der Waals surface area contributed by atoms with Crippen molar-refractivity contribution in [3.8, 4) is 0 Å². The summed E-state index contributed by atoms with van der Waals surface area (Å²) in [5.41, 5.74) is -2.85. The minimum atomic E-state index is -1.43. The van der Waals surface area contributed by atoms with Gasteiger partial charge in [-0.3, -0.25) is 0 Å². The zero-order valence-corrected chi connectivity index (χ0v) is 24.0. The van der Waals surface area contributed by atoms with Crippen LogP contribution >= 0.6 is 23.2 Å². The quantitative estimate of drug-likeness (QED) is 0.0623. The van der Waals surface area contributed by atoms with Crippen molar-refractivity contribution >= 4 is 35.1 Å². The van der Waals surface area contributed by atoms with Crippen LogP contribution in [0.15, 0.2) is 0 Å². The van der Waals surface area contributed by atoms with Crippen LogP contribution in [0.3, 0.4) is 0 Å². The molecule has 0 amide bonds. The summed E-state index contributed by atoms with van der Waals surface area (Å²) < 4.78 is 15.3. The third kappa shape index (κ3) is 23.6. The van der Waals surface area contributed by atoms with Crippen molar-refractivity contribution in [1.82, 2.24) is 0 Å². The highest BCUT2D eigenvalue weighted by Gasteiger charge is 2.26. The van der Waals surface area contributed by atoms with Crippen LogP contribution in [-0.4, -0.2) is 36.3 Å². The number of carbonyl (C=O) groups is 2. The molecule has 0 aromatic heterocycles. The summed E-state index contributed by atoms with van der Waals surface area (Å²) >= 11 is 11.8. The molecule has 2 atom stereocenters. The van der Waals surface area contributed by atoms with E-state index in [0.29, 0.717) is 0 Å². The van der Waals surface area contributed by atoms with Gasteiger partial charge >= 0.3 is 11.9 Å². The summed E-state index contributed by atoms with van der Waals surface area (Å²) in [6.45, 7) is 5.04. The molecule has 5 nitrogen and oxygen atoms in total. The minimum Gasteiger partial charge on any atom is -0.463 e. The smallest absolute Gasteiger partial charge is 0.351 e. The fraction of sp³-hybridized carbons (Fsp3) is 0.929. The van der Waals surface area contributed by atoms with E-state index < -0.39 is 23.1 Å². The van der Waals surface area contributed by atoms with Crippen LogP contribution in [0.5, 0.6) is 0 Å². The molecule has 0 spiro atoms. The van der Waals surface area contributed by atoms with Gasteiger partial charge in [0.05, 0.1) is 13.2 Å². The average molecular weight is 540 g/mol. The van der Waals surface area contributed by atoms with Gasteiger partial charge in [-0.1, -0.05) is 153 Å². The summed E-state index contributed by atoms with van der Waals surface area (Å²) in [5.74, 6) is -1.45. The Morgan fingerprint density at radius 2 is 0.743 bits per heavy atom. The SMILES string of the molecule is CCCCCCCCCCCCOC(=O)C(Cl)OC(Cl)C(=O)OCCCCCCCCCCCC. The lowest BCUT2D eigenvalue weighted by Crippen LogP contribution is -2.30. The van der Waals surface area contributed by atoms with Gasteiger partial charge < -0.3 is 14.2 Å². The average Bonchev–Trinajstić information content (AvgIpc) is 2.85. The van der Waals surface area contributed by atoms with Crippen molar-refractivity contribution in [2.45, 2.75) is 153 Å². The number of alkyl halides is 2. The Balaban J connectivity index is 3.60. The van der Waals surface area contributed by atoms with E-state index in [2.05, 4.69) is 13.8 Å². The van der Waals surface area contributed by atoms with E-state index >= 15 is 0 Å². The molecule has 35 heavy (non-hydrogen) atoms. The summed E-state index contributed by atoms with van der Waals surface area (Å²) in [5, 5.41) is 0. The number of hydrogen-bond acceptors (Lipinski definition) is 5. The topological polar surface area (TPSA) is 61.8 Å². The zero-order chi connectivity index (χ0) is 26.0. The van der Waals surface area contributed by atoms with Gasteiger partial charge in [-0.25, -0.2) is 9.59 Å². The molecule has 208 valence electrons. The number of ether oxygens (including phenoxy) is 3. The molecule has 2 unspecified atom stereocenters. The molecule has 0 saturated heterocycles.